The number of carbonyl (C=O) groups is 4. The smallest absolute Gasteiger partial charge is 0.255 e. The Hall–Kier alpha value is -6.20. The fraction of sp³-hybridized carbons (Fsp3) is 0.480. The van der Waals surface area contributed by atoms with Crippen LogP contribution in [0.1, 0.15) is 98.1 Å². The second kappa shape index (κ2) is 15.8. The monoisotopic (exact) mass is 864 g/mol. The average Bonchev–Trinajstić information content (AvgIpc) is 3.72. The van der Waals surface area contributed by atoms with Gasteiger partial charge < -0.3 is 29.7 Å². The summed E-state index contributed by atoms with van der Waals surface area (Å²) in [4.78, 5) is 75.4. The molecule has 10 rings (SSSR count). The van der Waals surface area contributed by atoms with Crippen molar-refractivity contribution in [3.8, 4) is 11.8 Å². The molecule has 1 saturated carbocycles. The first-order valence-corrected chi connectivity index (χ1v) is 22.9. The van der Waals surface area contributed by atoms with Crippen LogP contribution in [0.3, 0.4) is 0 Å². The molecule has 6 aliphatic rings. The maximum absolute atomic E-state index is 13.7. The van der Waals surface area contributed by atoms with Gasteiger partial charge in [-0.05, 0) is 104 Å². The number of nitrogens with one attached hydrogen (secondary N) is 3. The van der Waals surface area contributed by atoms with Crippen molar-refractivity contribution >= 4 is 45.9 Å². The standard InChI is InChI=1S/C50H56N8O6/c1-49(2)47(50(3,4)48(49)64-40-16-7-31(24-51)43-38(40)14-17-41(59)52-43)54-44(61)30-5-8-33(9-6-30)55-21-19-29(20-22-55)25-57-35-10-11-36(57)28-56(27-35)34-12-13-37-32(23-34)26-58(46(37)63)39-15-18-42(60)53-45(39)62/h5-9,12-14,16-17,23,29,35-36,39,47-48H,10-11,15,18-22,25-28H2,1-4H3,(H,52,59)(H,54,61)(H,53,60,62)/t35?,36?,39-,47?,48?/m0/s1. The maximum atomic E-state index is 13.7. The maximum Gasteiger partial charge on any atom is 0.255 e. The molecule has 64 heavy (non-hydrogen) atoms. The summed E-state index contributed by atoms with van der Waals surface area (Å²) in [6, 6.07) is 23.0. The lowest BCUT2D eigenvalue weighted by molar-refractivity contribution is -0.163. The van der Waals surface area contributed by atoms with Gasteiger partial charge in [0.05, 0.1) is 11.1 Å². The van der Waals surface area contributed by atoms with E-state index in [4.69, 9.17) is 4.74 Å². The summed E-state index contributed by atoms with van der Waals surface area (Å²) in [6.45, 7) is 13.8. The number of aromatic amines is 1. The van der Waals surface area contributed by atoms with E-state index < -0.39 is 16.9 Å². The summed E-state index contributed by atoms with van der Waals surface area (Å²) in [5, 5.41) is 16.0. The Balaban J connectivity index is 0.710. The van der Waals surface area contributed by atoms with Gasteiger partial charge in [0, 0.05) is 109 Å². The van der Waals surface area contributed by atoms with Crippen molar-refractivity contribution in [2.75, 3.05) is 42.5 Å². The van der Waals surface area contributed by atoms with Gasteiger partial charge in [-0.2, -0.15) is 5.26 Å². The van der Waals surface area contributed by atoms with E-state index in [0.29, 0.717) is 64.3 Å². The third kappa shape index (κ3) is 7.18. The van der Waals surface area contributed by atoms with Gasteiger partial charge in [-0.25, -0.2) is 0 Å². The zero-order valence-corrected chi connectivity index (χ0v) is 37.0. The van der Waals surface area contributed by atoms with Gasteiger partial charge in [-0.3, -0.25) is 34.2 Å². The number of pyridine rings is 1. The Morgan fingerprint density at radius 2 is 1.55 bits per heavy atom. The number of hydrogen-bond donors (Lipinski definition) is 3. The molecular formula is C50H56N8O6. The number of H-pyrrole nitrogens is 1. The number of amides is 4. The Bertz CT molecular complexity index is 2630. The van der Waals surface area contributed by atoms with E-state index >= 15 is 0 Å². The molecule has 2 unspecified atom stereocenters. The number of rotatable bonds is 9. The summed E-state index contributed by atoms with van der Waals surface area (Å²) in [5.41, 5.74) is 4.22. The predicted octanol–water partition coefficient (Wildman–Crippen LogP) is 5.34. The van der Waals surface area contributed by atoms with Crippen LogP contribution in [0.5, 0.6) is 5.75 Å². The largest absolute Gasteiger partial charge is 0.488 e. The van der Waals surface area contributed by atoms with E-state index in [1.54, 1.807) is 23.1 Å². The van der Waals surface area contributed by atoms with Crippen molar-refractivity contribution in [1.29, 1.82) is 5.26 Å². The van der Waals surface area contributed by atoms with Crippen molar-refractivity contribution in [3.63, 3.8) is 0 Å². The number of anilines is 2. The molecule has 4 aromatic rings. The van der Waals surface area contributed by atoms with Crippen molar-refractivity contribution in [3.05, 3.63) is 99.3 Å². The molecule has 6 heterocycles. The van der Waals surface area contributed by atoms with Gasteiger partial charge in [-0.15, -0.1) is 0 Å². The third-order valence-corrected chi connectivity index (χ3v) is 15.4. The number of carbonyl (C=O) groups excluding carboxylic acids is 4. The van der Waals surface area contributed by atoms with E-state index in [0.717, 1.165) is 62.5 Å². The number of benzene rings is 3. The molecule has 14 nitrogen and oxygen atoms in total. The minimum Gasteiger partial charge on any atom is -0.488 e. The van der Waals surface area contributed by atoms with Crippen LogP contribution < -0.4 is 30.7 Å². The number of piperidine rings is 2. The highest BCUT2D eigenvalue weighted by Gasteiger charge is 2.64. The van der Waals surface area contributed by atoms with Gasteiger partial charge in [0.1, 0.15) is 24.0 Å². The fourth-order valence-corrected chi connectivity index (χ4v) is 12.3. The van der Waals surface area contributed by atoms with Crippen molar-refractivity contribution in [2.45, 2.75) is 103 Å². The number of nitriles is 1. The molecule has 3 N–H and O–H groups in total. The summed E-state index contributed by atoms with van der Waals surface area (Å²) in [5.74, 6) is 0.301. The van der Waals surface area contributed by atoms with Gasteiger partial charge in [-0.1, -0.05) is 27.7 Å². The van der Waals surface area contributed by atoms with Crippen LogP contribution in [0.4, 0.5) is 11.4 Å². The molecule has 4 saturated heterocycles. The highest BCUT2D eigenvalue weighted by molar-refractivity contribution is 6.05. The Morgan fingerprint density at radius 3 is 2.23 bits per heavy atom. The van der Waals surface area contributed by atoms with Gasteiger partial charge >= 0.3 is 0 Å². The minimum absolute atomic E-state index is 0.117. The van der Waals surface area contributed by atoms with Crippen LogP contribution in [-0.2, 0) is 16.1 Å². The lowest BCUT2D eigenvalue weighted by Gasteiger charge is -2.63. The first-order valence-electron chi connectivity index (χ1n) is 22.9. The number of piperazine rings is 1. The van der Waals surface area contributed by atoms with Crippen LogP contribution in [0.15, 0.2) is 71.5 Å². The van der Waals surface area contributed by atoms with E-state index in [1.807, 2.05) is 18.2 Å². The second-order valence-corrected chi connectivity index (χ2v) is 20.1. The lowest BCUT2D eigenvalue weighted by atomic mass is 9.49. The molecule has 3 atom stereocenters. The van der Waals surface area contributed by atoms with Crippen LogP contribution >= 0.6 is 0 Å². The van der Waals surface area contributed by atoms with Crippen LogP contribution in [-0.4, -0.2) is 101 Å². The Morgan fingerprint density at radius 1 is 0.844 bits per heavy atom. The molecule has 3 aromatic carbocycles. The number of fused-ring (bicyclic) bond motifs is 4. The van der Waals surface area contributed by atoms with E-state index in [2.05, 4.69) is 88.3 Å². The van der Waals surface area contributed by atoms with Gasteiger partial charge in [0.2, 0.25) is 17.4 Å². The van der Waals surface area contributed by atoms with Crippen LogP contribution in [0.2, 0.25) is 0 Å². The number of nitrogens with zero attached hydrogens (tertiary/aromatic N) is 5. The van der Waals surface area contributed by atoms with Crippen molar-refractivity contribution in [1.82, 2.24) is 25.4 Å². The number of aromatic nitrogens is 1. The number of imide groups is 1. The Labute approximate surface area is 372 Å². The van der Waals surface area contributed by atoms with Gasteiger partial charge in [0.15, 0.2) is 0 Å². The zero-order chi connectivity index (χ0) is 44.7. The molecule has 5 aliphatic heterocycles. The third-order valence-electron chi connectivity index (χ3n) is 15.4. The average molecular weight is 865 g/mol. The highest BCUT2D eigenvalue weighted by atomic mass is 16.5. The lowest BCUT2D eigenvalue weighted by Crippen LogP contribution is -2.74. The summed E-state index contributed by atoms with van der Waals surface area (Å²) in [7, 11) is 0. The number of hydrogen-bond acceptors (Lipinski definition) is 10. The number of ether oxygens (including phenoxy) is 1. The predicted molar refractivity (Wildman–Crippen MR) is 242 cm³/mol. The molecule has 5 fully saturated rings. The Kier molecular flexibility index (Phi) is 10.3. The zero-order valence-electron chi connectivity index (χ0n) is 37.0. The first kappa shape index (κ1) is 41.8. The van der Waals surface area contributed by atoms with Crippen molar-refractivity contribution in [2.24, 2.45) is 16.7 Å². The summed E-state index contributed by atoms with van der Waals surface area (Å²) in [6.07, 6.45) is 4.99. The van der Waals surface area contributed by atoms with Crippen LogP contribution in [0.25, 0.3) is 10.9 Å². The quantitative estimate of drug-likeness (QED) is 0.187. The minimum atomic E-state index is -0.607. The molecule has 0 radical (unpaired) electrons. The summed E-state index contributed by atoms with van der Waals surface area (Å²) >= 11 is 0. The van der Waals surface area contributed by atoms with Gasteiger partial charge in [0.25, 0.3) is 11.8 Å². The molecule has 1 aliphatic carbocycles. The normalized spacial score (nSPS) is 26.3. The molecule has 1 aromatic heterocycles. The van der Waals surface area contributed by atoms with E-state index in [9.17, 15) is 29.2 Å². The molecule has 2 bridgehead atoms. The molecule has 4 amide bonds. The first-order chi connectivity index (χ1) is 30.7. The van der Waals surface area contributed by atoms with Crippen LogP contribution in [0, 0.1) is 28.1 Å². The fourth-order valence-electron chi connectivity index (χ4n) is 12.3. The molecule has 0 spiro atoms. The second-order valence-electron chi connectivity index (χ2n) is 20.1. The van der Waals surface area contributed by atoms with E-state index in [1.165, 1.54) is 18.9 Å². The summed E-state index contributed by atoms with van der Waals surface area (Å²) < 4.78 is 6.64. The topological polar surface area (TPSA) is 171 Å². The molecular weight excluding hydrogens is 809 g/mol. The molecule has 14 heteroatoms. The van der Waals surface area contributed by atoms with Crippen molar-refractivity contribution < 1.29 is 23.9 Å². The highest BCUT2D eigenvalue weighted by Crippen LogP contribution is 2.56. The molecule has 332 valence electrons. The SMILES string of the molecule is CC1(C)C(NC(=O)c2ccc(N3CCC(CN4C5CCC4CN(c4ccc6c(c4)CN([C@H]4CCC(=O)NC4=O)C6=O)C5)CC3)cc2)C(C)(C)C1Oc1ccc(C#N)c2[nH]c(=O)ccc12. The van der Waals surface area contributed by atoms with E-state index in [-0.39, 0.29) is 47.8 Å².